The lowest BCUT2D eigenvalue weighted by atomic mass is 10.2. The summed E-state index contributed by atoms with van der Waals surface area (Å²) in [6, 6.07) is 16.6. The van der Waals surface area contributed by atoms with Gasteiger partial charge in [0.2, 0.25) is 5.91 Å². The van der Waals surface area contributed by atoms with Gasteiger partial charge in [-0.1, -0.05) is 43.7 Å². The van der Waals surface area contributed by atoms with Crippen molar-refractivity contribution in [1.82, 2.24) is 14.3 Å². The molecule has 2 amide bonds. The number of anilines is 1. The van der Waals surface area contributed by atoms with E-state index in [9.17, 15) is 14.4 Å². The SMILES string of the molecule is CCCCN(C)C(=O)c1ccccc1SCC(=O)Nc1c(C)n(C)n(-c2ccccc2)c1=O. The van der Waals surface area contributed by atoms with Gasteiger partial charge in [0, 0.05) is 25.5 Å². The van der Waals surface area contributed by atoms with Crippen LogP contribution < -0.4 is 10.9 Å². The fraction of sp³-hybridized carbons (Fsp3) is 0.320. The quantitative estimate of drug-likeness (QED) is 0.482. The number of para-hydroxylation sites is 1. The predicted molar refractivity (Wildman–Crippen MR) is 133 cm³/mol. The molecule has 2 aromatic carbocycles. The summed E-state index contributed by atoms with van der Waals surface area (Å²) in [5, 5.41) is 2.77. The van der Waals surface area contributed by atoms with E-state index in [4.69, 9.17) is 0 Å². The summed E-state index contributed by atoms with van der Waals surface area (Å²) < 4.78 is 3.25. The first-order chi connectivity index (χ1) is 15.8. The molecule has 0 fully saturated rings. The van der Waals surface area contributed by atoms with E-state index in [1.165, 1.54) is 16.4 Å². The molecule has 0 aliphatic rings. The second-order valence-corrected chi connectivity index (χ2v) is 8.87. The molecule has 3 rings (SSSR count). The van der Waals surface area contributed by atoms with E-state index >= 15 is 0 Å². The van der Waals surface area contributed by atoms with Crippen LogP contribution in [-0.2, 0) is 11.8 Å². The van der Waals surface area contributed by atoms with Crippen LogP contribution in [0.25, 0.3) is 5.69 Å². The van der Waals surface area contributed by atoms with Gasteiger partial charge in [0.15, 0.2) is 0 Å². The Morgan fingerprint density at radius 1 is 1.06 bits per heavy atom. The Bertz CT molecular complexity index is 1180. The van der Waals surface area contributed by atoms with Gasteiger partial charge in [0.25, 0.3) is 11.5 Å². The number of rotatable bonds is 9. The molecule has 1 heterocycles. The number of aromatic nitrogens is 2. The van der Waals surface area contributed by atoms with Crippen LogP contribution in [-0.4, -0.2) is 45.4 Å². The normalized spacial score (nSPS) is 10.8. The van der Waals surface area contributed by atoms with Crippen molar-refractivity contribution in [2.24, 2.45) is 7.05 Å². The summed E-state index contributed by atoms with van der Waals surface area (Å²) in [5.41, 5.74) is 1.94. The molecular formula is C25H30N4O3S. The maximum atomic E-state index is 13.0. The van der Waals surface area contributed by atoms with Crippen molar-refractivity contribution in [1.29, 1.82) is 0 Å². The fourth-order valence-corrected chi connectivity index (χ4v) is 4.35. The second-order valence-electron chi connectivity index (χ2n) is 7.85. The van der Waals surface area contributed by atoms with Gasteiger partial charge in [0.1, 0.15) is 5.69 Å². The molecule has 3 aromatic rings. The van der Waals surface area contributed by atoms with Gasteiger partial charge < -0.3 is 10.2 Å². The van der Waals surface area contributed by atoms with E-state index in [0.29, 0.717) is 17.8 Å². The monoisotopic (exact) mass is 466 g/mol. The number of carbonyl (C=O) groups excluding carboxylic acids is 2. The first-order valence-corrected chi connectivity index (χ1v) is 11.9. The highest BCUT2D eigenvalue weighted by molar-refractivity contribution is 8.00. The Morgan fingerprint density at radius 2 is 1.73 bits per heavy atom. The molecule has 0 aliphatic carbocycles. The topological polar surface area (TPSA) is 76.3 Å². The summed E-state index contributed by atoms with van der Waals surface area (Å²) >= 11 is 1.29. The van der Waals surface area contributed by atoms with Crippen LogP contribution in [0.5, 0.6) is 0 Å². The number of nitrogens with one attached hydrogen (secondary N) is 1. The van der Waals surface area contributed by atoms with Crippen LogP contribution in [0.1, 0.15) is 35.8 Å². The molecule has 0 saturated carbocycles. The number of amides is 2. The van der Waals surface area contributed by atoms with Crippen LogP contribution >= 0.6 is 11.8 Å². The van der Waals surface area contributed by atoms with E-state index in [2.05, 4.69) is 12.2 Å². The Labute approximate surface area is 198 Å². The Morgan fingerprint density at radius 3 is 2.42 bits per heavy atom. The van der Waals surface area contributed by atoms with Crippen molar-refractivity contribution in [3.63, 3.8) is 0 Å². The Hall–Kier alpha value is -3.26. The molecule has 0 aliphatic heterocycles. The Balaban J connectivity index is 1.73. The van der Waals surface area contributed by atoms with Gasteiger partial charge >= 0.3 is 0 Å². The molecule has 0 unspecified atom stereocenters. The zero-order valence-electron chi connectivity index (χ0n) is 19.5. The Kier molecular flexibility index (Phi) is 8.16. The van der Waals surface area contributed by atoms with Crippen molar-refractivity contribution >= 4 is 29.3 Å². The highest BCUT2D eigenvalue weighted by atomic mass is 32.2. The van der Waals surface area contributed by atoms with E-state index in [1.54, 1.807) is 36.7 Å². The van der Waals surface area contributed by atoms with Gasteiger partial charge in [-0.2, -0.15) is 0 Å². The summed E-state index contributed by atoms with van der Waals surface area (Å²) in [4.78, 5) is 41.0. The molecule has 174 valence electrons. The average Bonchev–Trinajstić information content (AvgIpc) is 3.04. The minimum Gasteiger partial charge on any atom is -0.342 e. The summed E-state index contributed by atoms with van der Waals surface area (Å²) in [5.74, 6) is -0.272. The smallest absolute Gasteiger partial charge is 0.295 e. The molecule has 1 N–H and O–H groups in total. The maximum Gasteiger partial charge on any atom is 0.295 e. The highest BCUT2D eigenvalue weighted by Gasteiger charge is 2.20. The number of hydrogen-bond donors (Lipinski definition) is 1. The first kappa shape index (κ1) is 24.4. The molecule has 7 nitrogen and oxygen atoms in total. The van der Waals surface area contributed by atoms with Crippen LogP contribution in [0.2, 0.25) is 0 Å². The molecule has 0 spiro atoms. The summed E-state index contributed by atoms with van der Waals surface area (Å²) in [7, 11) is 3.58. The molecular weight excluding hydrogens is 436 g/mol. The lowest BCUT2D eigenvalue weighted by Gasteiger charge is -2.18. The van der Waals surface area contributed by atoms with Gasteiger partial charge in [-0.25, -0.2) is 4.68 Å². The van der Waals surface area contributed by atoms with Gasteiger partial charge in [-0.3, -0.25) is 19.1 Å². The maximum absolute atomic E-state index is 13.0. The standard InChI is InChI=1S/C25H30N4O3S/c1-5-6-16-27(3)24(31)20-14-10-11-15-21(20)33-17-22(30)26-23-18(2)28(4)29(25(23)32)19-12-8-7-9-13-19/h7-15H,5-6,16-17H2,1-4H3,(H,26,30). The van der Waals surface area contributed by atoms with E-state index in [0.717, 1.165) is 23.4 Å². The lowest BCUT2D eigenvalue weighted by Crippen LogP contribution is -2.28. The molecule has 33 heavy (non-hydrogen) atoms. The first-order valence-electron chi connectivity index (χ1n) is 11.0. The fourth-order valence-electron chi connectivity index (χ4n) is 3.50. The number of hydrogen-bond acceptors (Lipinski definition) is 4. The highest BCUT2D eigenvalue weighted by Crippen LogP contribution is 2.24. The molecule has 0 radical (unpaired) electrons. The van der Waals surface area contributed by atoms with Crippen molar-refractivity contribution in [3.8, 4) is 5.69 Å². The predicted octanol–water partition coefficient (Wildman–Crippen LogP) is 4.09. The van der Waals surface area contributed by atoms with E-state index < -0.39 is 0 Å². The lowest BCUT2D eigenvalue weighted by molar-refractivity contribution is -0.113. The average molecular weight is 467 g/mol. The van der Waals surface area contributed by atoms with Crippen LogP contribution in [0.4, 0.5) is 5.69 Å². The van der Waals surface area contributed by atoms with Crippen molar-refractivity contribution in [3.05, 3.63) is 76.2 Å². The molecule has 0 atom stereocenters. The molecule has 0 bridgehead atoms. The van der Waals surface area contributed by atoms with Crippen LogP contribution in [0.3, 0.4) is 0 Å². The van der Waals surface area contributed by atoms with Crippen molar-refractivity contribution < 1.29 is 9.59 Å². The number of nitrogens with zero attached hydrogens (tertiary/aromatic N) is 3. The third-order valence-electron chi connectivity index (χ3n) is 5.49. The van der Waals surface area contributed by atoms with E-state index in [1.807, 2.05) is 48.5 Å². The van der Waals surface area contributed by atoms with Gasteiger partial charge in [0.05, 0.1) is 22.7 Å². The number of benzene rings is 2. The van der Waals surface area contributed by atoms with E-state index in [-0.39, 0.29) is 28.8 Å². The molecule has 0 saturated heterocycles. The largest absolute Gasteiger partial charge is 0.342 e. The third-order valence-corrected chi connectivity index (χ3v) is 6.56. The minimum absolute atomic E-state index is 0.0587. The zero-order chi connectivity index (χ0) is 24.0. The minimum atomic E-state index is -0.299. The summed E-state index contributed by atoms with van der Waals surface area (Å²) in [6.07, 6.45) is 1.95. The van der Waals surface area contributed by atoms with Gasteiger partial charge in [-0.05, 0) is 37.6 Å². The number of carbonyl (C=O) groups is 2. The molecule has 1 aromatic heterocycles. The molecule has 8 heteroatoms. The van der Waals surface area contributed by atoms with Gasteiger partial charge in [-0.15, -0.1) is 11.8 Å². The van der Waals surface area contributed by atoms with Crippen molar-refractivity contribution in [2.75, 3.05) is 24.7 Å². The number of unbranched alkanes of at least 4 members (excludes halogenated alkanes) is 1. The third kappa shape index (κ3) is 5.57. The van der Waals surface area contributed by atoms with Crippen molar-refractivity contribution in [2.45, 2.75) is 31.6 Å². The van der Waals surface area contributed by atoms with Crippen LogP contribution in [0, 0.1) is 6.92 Å². The number of thioether (sulfide) groups is 1. The summed E-state index contributed by atoms with van der Waals surface area (Å²) in [6.45, 7) is 4.57. The van der Waals surface area contributed by atoms with Crippen LogP contribution in [0.15, 0.2) is 64.3 Å². The zero-order valence-corrected chi connectivity index (χ0v) is 20.3. The second kappa shape index (κ2) is 11.0.